The number of aliphatic hydroxyl groups is 1. The van der Waals surface area contributed by atoms with E-state index in [1.54, 1.807) is 0 Å². The van der Waals surface area contributed by atoms with Gasteiger partial charge in [-0.05, 0) is 17.7 Å². The molecule has 3 nitrogen and oxygen atoms in total. The van der Waals surface area contributed by atoms with Crippen LogP contribution in [0.25, 0.3) is 0 Å². The minimum atomic E-state index is -4.42. The Morgan fingerprint density at radius 3 is 2.33 bits per heavy atom. The first-order valence-corrected chi connectivity index (χ1v) is 6.00. The quantitative estimate of drug-likeness (QED) is 0.907. The van der Waals surface area contributed by atoms with Crippen LogP contribution in [0.3, 0.4) is 0 Å². The molecule has 1 aromatic rings. The van der Waals surface area contributed by atoms with E-state index in [0.717, 1.165) is 0 Å². The summed E-state index contributed by atoms with van der Waals surface area (Å²) in [4.78, 5) is 0. The average molecular weight is 327 g/mol. The van der Waals surface area contributed by atoms with Gasteiger partial charge in [-0.1, -0.05) is 15.9 Å². The molecule has 1 heterocycles. The number of alkyl halides is 3. The molecule has 0 aliphatic carbocycles. The zero-order chi connectivity index (χ0) is 13.3. The van der Waals surface area contributed by atoms with Gasteiger partial charge in [-0.15, -0.1) is 0 Å². The van der Waals surface area contributed by atoms with E-state index in [1.807, 2.05) is 0 Å². The van der Waals surface area contributed by atoms with Gasteiger partial charge in [0.25, 0.3) is 0 Å². The second kappa shape index (κ2) is 4.97. The summed E-state index contributed by atoms with van der Waals surface area (Å²) >= 11 is 3.12. The zero-order valence-electron chi connectivity index (χ0n) is 9.13. The largest absolute Gasteiger partial charge is 0.486 e. The Morgan fingerprint density at radius 2 is 1.78 bits per heavy atom. The van der Waals surface area contributed by atoms with Crippen molar-refractivity contribution in [3.8, 4) is 11.5 Å². The van der Waals surface area contributed by atoms with Crippen molar-refractivity contribution in [2.45, 2.75) is 18.7 Å². The summed E-state index contributed by atoms with van der Waals surface area (Å²) in [5.41, 5.74) is 0.136. The molecular formula is C11H10BrF3O3. The highest BCUT2D eigenvalue weighted by Gasteiger charge is 2.33. The van der Waals surface area contributed by atoms with Gasteiger partial charge in [-0.25, -0.2) is 0 Å². The maximum atomic E-state index is 12.2. The smallest absolute Gasteiger partial charge is 0.391 e. The highest BCUT2D eigenvalue weighted by molar-refractivity contribution is 9.10. The van der Waals surface area contributed by atoms with Crippen molar-refractivity contribution < 1.29 is 27.8 Å². The molecule has 0 saturated heterocycles. The molecule has 100 valence electrons. The third kappa shape index (κ3) is 3.08. The van der Waals surface area contributed by atoms with Crippen molar-refractivity contribution in [1.29, 1.82) is 0 Å². The third-order valence-corrected chi connectivity index (χ3v) is 3.13. The fraction of sp³-hybridized carbons (Fsp3) is 0.455. The van der Waals surface area contributed by atoms with E-state index >= 15 is 0 Å². The van der Waals surface area contributed by atoms with E-state index in [0.29, 0.717) is 29.2 Å². The van der Waals surface area contributed by atoms with E-state index in [9.17, 15) is 18.3 Å². The topological polar surface area (TPSA) is 38.7 Å². The lowest BCUT2D eigenvalue weighted by Gasteiger charge is -2.22. The van der Waals surface area contributed by atoms with Crippen LogP contribution in [0.1, 0.15) is 18.1 Å². The fourth-order valence-electron chi connectivity index (χ4n) is 1.66. The van der Waals surface area contributed by atoms with E-state index in [1.165, 1.54) is 12.1 Å². The van der Waals surface area contributed by atoms with Crippen molar-refractivity contribution in [2.75, 3.05) is 13.2 Å². The second-order valence-corrected chi connectivity index (χ2v) is 4.71. The molecule has 0 aromatic heterocycles. The summed E-state index contributed by atoms with van der Waals surface area (Å²) in [7, 11) is 0. The predicted molar refractivity (Wildman–Crippen MR) is 60.8 cm³/mol. The summed E-state index contributed by atoms with van der Waals surface area (Å²) < 4.78 is 47.6. The number of fused-ring (bicyclic) bond motifs is 1. The lowest BCUT2D eigenvalue weighted by molar-refractivity contribution is -0.154. The molecule has 1 unspecified atom stereocenters. The second-order valence-electron chi connectivity index (χ2n) is 3.85. The molecule has 0 radical (unpaired) electrons. The van der Waals surface area contributed by atoms with Gasteiger partial charge in [0.15, 0.2) is 11.5 Å². The molecule has 18 heavy (non-hydrogen) atoms. The van der Waals surface area contributed by atoms with Gasteiger partial charge in [0.1, 0.15) is 13.2 Å². The lowest BCUT2D eigenvalue weighted by atomic mass is 10.1. The van der Waals surface area contributed by atoms with E-state index in [2.05, 4.69) is 15.9 Å². The molecule has 0 amide bonds. The maximum Gasteiger partial charge on any atom is 0.391 e. The minimum absolute atomic E-state index is 0.136. The first kappa shape index (κ1) is 13.5. The molecule has 2 rings (SSSR count). The van der Waals surface area contributed by atoms with Crippen LogP contribution >= 0.6 is 15.9 Å². The summed E-state index contributed by atoms with van der Waals surface area (Å²) in [5, 5.41) is 9.59. The highest BCUT2D eigenvalue weighted by atomic mass is 79.9. The number of ether oxygens (including phenoxy) is 2. The number of hydrogen-bond acceptors (Lipinski definition) is 3. The Kier molecular flexibility index (Phi) is 3.72. The van der Waals surface area contributed by atoms with Gasteiger partial charge in [-0.3, -0.25) is 0 Å². The number of benzene rings is 1. The summed E-state index contributed by atoms with van der Waals surface area (Å²) in [6.07, 6.45) is -7.35. The molecule has 1 atom stereocenters. The molecule has 0 saturated carbocycles. The van der Waals surface area contributed by atoms with Crippen molar-refractivity contribution in [1.82, 2.24) is 0 Å². The molecule has 1 aliphatic heterocycles. The van der Waals surface area contributed by atoms with Crippen LogP contribution in [0.15, 0.2) is 16.6 Å². The van der Waals surface area contributed by atoms with Gasteiger partial charge in [-0.2, -0.15) is 13.2 Å². The predicted octanol–water partition coefficient (Wildman–Crippen LogP) is 3.21. The van der Waals surface area contributed by atoms with Gasteiger partial charge in [0.2, 0.25) is 0 Å². The van der Waals surface area contributed by atoms with E-state index in [4.69, 9.17) is 9.47 Å². The van der Waals surface area contributed by atoms with Crippen molar-refractivity contribution in [3.05, 3.63) is 22.2 Å². The van der Waals surface area contributed by atoms with Crippen molar-refractivity contribution in [3.63, 3.8) is 0 Å². The molecule has 1 N–H and O–H groups in total. The summed E-state index contributed by atoms with van der Waals surface area (Å²) in [6, 6.07) is 2.87. The molecule has 1 aliphatic rings. The fourth-order valence-corrected chi connectivity index (χ4v) is 2.25. The van der Waals surface area contributed by atoms with Crippen LogP contribution in [-0.4, -0.2) is 24.5 Å². The van der Waals surface area contributed by atoms with Gasteiger partial charge >= 0.3 is 6.18 Å². The number of aliphatic hydroxyl groups excluding tert-OH is 1. The molecule has 0 spiro atoms. The lowest BCUT2D eigenvalue weighted by Crippen LogP contribution is -2.17. The van der Waals surface area contributed by atoms with Crippen molar-refractivity contribution >= 4 is 15.9 Å². The third-order valence-electron chi connectivity index (χ3n) is 2.45. The van der Waals surface area contributed by atoms with Gasteiger partial charge in [0.05, 0.1) is 12.5 Å². The van der Waals surface area contributed by atoms with Crippen molar-refractivity contribution in [2.24, 2.45) is 0 Å². The molecule has 1 aromatic carbocycles. The van der Waals surface area contributed by atoms with Crippen LogP contribution < -0.4 is 9.47 Å². The van der Waals surface area contributed by atoms with Crippen LogP contribution in [0.5, 0.6) is 11.5 Å². The van der Waals surface area contributed by atoms with Crippen LogP contribution in [0, 0.1) is 0 Å². The van der Waals surface area contributed by atoms with Crippen LogP contribution in [0.4, 0.5) is 13.2 Å². The highest BCUT2D eigenvalue weighted by Crippen LogP contribution is 2.40. The first-order chi connectivity index (χ1) is 8.37. The molecule has 0 fully saturated rings. The summed E-state index contributed by atoms with van der Waals surface area (Å²) in [6.45, 7) is 0.729. The molecule has 7 heteroatoms. The Labute approximate surface area is 110 Å². The SMILES string of the molecule is OC(CC(F)(F)F)c1cc2c(cc1Br)OCCO2. The Balaban J connectivity index is 2.27. The Bertz CT molecular complexity index is 448. The molecule has 0 bridgehead atoms. The standard InChI is InChI=1S/C11H10BrF3O3/c12-7-4-10-9(17-1-2-18-10)3-6(7)8(16)5-11(13,14)15/h3-4,8,16H,1-2,5H2. The Morgan fingerprint density at radius 1 is 1.22 bits per heavy atom. The minimum Gasteiger partial charge on any atom is -0.486 e. The van der Waals surface area contributed by atoms with Gasteiger partial charge in [0, 0.05) is 4.47 Å². The monoisotopic (exact) mass is 326 g/mol. The van der Waals surface area contributed by atoms with Crippen LogP contribution in [0.2, 0.25) is 0 Å². The van der Waals surface area contributed by atoms with Crippen LogP contribution in [-0.2, 0) is 0 Å². The Hall–Kier alpha value is -0.950. The number of rotatable bonds is 2. The maximum absolute atomic E-state index is 12.2. The summed E-state index contributed by atoms with van der Waals surface area (Å²) in [5.74, 6) is 0.803. The molecular weight excluding hydrogens is 317 g/mol. The number of hydrogen-bond donors (Lipinski definition) is 1. The van der Waals surface area contributed by atoms with Gasteiger partial charge < -0.3 is 14.6 Å². The zero-order valence-corrected chi connectivity index (χ0v) is 10.7. The normalized spacial score (nSPS) is 16.5. The number of halogens is 4. The first-order valence-electron chi connectivity index (χ1n) is 5.20. The van der Waals surface area contributed by atoms with E-state index < -0.39 is 18.7 Å². The van der Waals surface area contributed by atoms with E-state index in [-0.39, 0.29) is 5.56 Å². The average Bonchev–Trinajstić information content (AvgIpc) is 2.25.